The number of nitrogens with zero attached hydrogens (tertiary/aromatic N) is 3. The number of carbonyl (C=O) groups excluding carboxylic acids is 1. The maximum absolute atomic E-state index is 12.2. The van der Waals surface area contributed by atoms with Crippen LogP contribution in [0, 0.1) is 18.3 Å². The van der Waals surface area contributed by atoms with Crippen LogP contribution in [0.3, 0.4) is 0 Å². The van der Waals surface area contributed by atoms with Gasteiger partial charge in [-0.05, 0) is 37.6 Å². The first kappa shape index (κ1) is 17.4. The van der Waals surface area contributed by atoms with Crippen LogP contribution in [0.4, 0.5) is 5.13 Å². The second-order valence-corrected chi connectivity index (χ2v) is 5.78. The van der Waals surface area contributed by atoms with E-state index in [2.05, 4.69) is 15.5 Å². The van der Waals surface area contributed by atoms with Gasteiger partial charge in [-0.1, -0.05) is 17.4 Å². The molecule has 1 heterocycles. The summed E-state index contributed by atoms with van der Waals surface area (Å²) in [6.45, 7) is 4.17. The van der Waals surface area contributed by atoms with Gasteiger partial charge in [0.15, 0.2) is 11.5 Å². The van der Waals surface area contributed by atoms with Gasteiger partial charge < -0.3 is 9.47 Å². The van der Waals surface area contributed by atoms with Crippen LogP contribution in [-0.2, 0) is 4.79 Å². The predicted octanol–water partition coefficient (Wildman–Crippen LogP) is 2.80. The predicted molar refractivity (Wildman–Crippen MR) is 91.0 cm³/mol. The van der Waals surface area contributed by atoms with Gasteiger partial charge in [0.1, 0.15) is 16.6 Å². The van der Waals surface area contributed by atoms with Crippen LogP contribution in [-0.4, -0.2) is 29.8 Å². The van der Waals surface area contributed by atoms with Crippen molar-refractivity contribution in [2.75, 3.05) is 19.0 Å². The fourth-order valence-corrected chi connectivity index (χ4v) is 2.46. The van der Waals surface area contributed by atoms with Gasteiger partial charge in [-0.2, -0.15) is 5.26 Å². The highest BCUT2D eigenvalue weighted by Crippen LogP contribution is 2.29. The number of nitrogens with one attached hydrogen (secondary N) is 1. The number of benzene rings is 1. The number of carbonyl (C=O) groups is 1. The lowest BCUT2D eigenvalue weighted by molar-refractivity contribution is -0.112. The molecule has 0 saturated carbocycles. The van der Waals surface area contributed by atoms with E-state index >= 15 is 0 Å². The van der Waals surface area contributed by atoms with Gasteiger partial charge in [0, 0.05) is 0 Å². The van der Waals surface area contributed by atoms with Gasteiger partial charge in [-0.3, -0.25) is 10.1 Å². The molecular weight excluding hydrogens is 328 g/mol. The van der Waals surface area contributed by atoms with Gasteiger partial charge in [0.25, 0.3) is 5.91 Å². The van der Waals surface area contributed by atoms with Crippen LogP contribution in [0.5, 0.6) is 11.5 Å². The second-order valence-electron chi connectivity index (χ2n) is 4.59. The van der Waals surface area contributed by atoms with Crippen molar-refractivity contribution in [2.24, 2.45) is 0 Å². The lowest BCUT2D eigenvalue weighted by Gasteiger charge is -2.09. The van der Waals surface area contributed by atoms with E-state index in [0.29, 0.717) is 28.8 Å². The summed E-state index contributed by atoms with van der Waals surface area (Å²) in [5.74, 6) is 0.592. The Hall–Kier alpha value is -2.92. The second kappa shape index (κ2) is 8.08. The van der Waals surface area contributed by atoms with Crippen LogP contribution in [0.25, 0.3) is 6.08 Å². The summed E-state index contributed by atoms with van der Waals surface area (Å²) >= 11 is 1.24. The summed E-state index contributed by atoms with van der Waals surface area (Å²) in [6, 6.07) is 7.06. The molecule has 2 rings (SSSR count). The van der Waals surface area contributed by atoms with E-state index in [9.17, 15) is 10.1 Å². The monoisotopic (exact) mass is 344 g/mol. The summed E-state index contributed by atoms with van der Waals surface area (Å²) in [5, 5.41) is 20.5. The first-order valence-corrected chi connectivity index (χ1v) is 7.93. The van der Waals surface area contributed by atoms with Crippen molar-refractivity contribution < 1.29 is 14.3 Å². The number of nitriles is 1. The van der Waals surface area contributed by atoms with Gasteiger partial charge in [-0.15, -0.1) is 10.2 Å². The molecule has 7 nitrogen and oxygen atoms in total. The highest BCUT2D eigenvalue weighted by atomic mass is 32.1. The van der Waals surface area contributed by atoms with Crippen molar-refractivity contribution in [3.63, 3.8) is 0 Å². The van der Waals surface area contributed by atoms with Crippen LogP contribution in [0.2, 0.25) is 0 Å². The molecule has 24 heavy (non-hydrogen) atoms. The molecule has 0 unspecified atom stereocenters. The van der Waals surface area contributed by atoms with E-state index < -0.39 is 5.91 Å². The van der Waals surface area contributed by atoms with Gasteiger partial charge in [0.2, 0.25) is 5.13 Å². The number of anilines is 1. The third-order valence-electron chi connectivity index (χ3n) is 2.91. The Morgan fingerprint density at radius 2 is 2.21 bits per heavy atom. The normalized spacial score (nSPS) is 10.8. The van der Waals surface area contributed by atoms with E-state index in [1.54, 1.807) is 25.1 Å². The fourth-order valence-electron chi connectivity index (χ4n) is 1.88. The van der Waals surface area contributed by atoms with E-state index in [-0.39, 0.29) is 5.57 Å². The minimum absolute atomic E-state index is 0.0472. The molecule has 0 saturated heterocycles. The average Bonchev–Trinajstić information content (AvgIpc) is 2.98. The van der Waals surface area contributed by atoms with Crippen molar-refractivity contribution in [1.29, 1.82) is 5.26 Å². The van der Waals surface area contributed by atoms with Crippen LogP contribution < -0.4 is 14.8 Å². The molecule has 0 fully saturated rings. The average molecular weight is 344 g/mol. The van der Waals surface area contributed by atoms with Crippen LogP contribution in [0.1, 0.15) is 17.5 Å². The molecule has 2 aromatic rings. The van der Waals surface area contributed by atoms with Gasteiger partial charge >= 0.3 is 0 Å². The smallest absolute Gasteiger partial charge is 0.268 e. The third kappa shape index (κ3) is 4.30. The van der Waals surface area contributed by atoms with Crippen molar-refractivity contribution in [2.45, 2.75) is 13.8 Å². The molecule has 0 aliphatic heterocycles. The largest absolute Gasteiger partial charge is 0.493 e. The number of aryl methyl sites for hydroxylation is 1. The van der Waals surface area contributed by atoms with E-state index in [1.165, 1.54) is 24.5 Å². The SMILES string of the molecule is CCOc1ccc(/C=C(\C#N)C(=O)Nc2nnc(C)s2)cc1OC. The number of aromatic nitrogens is 2. The topological polar surface area (TPSA) is 97.1 Å². The van der Waals surface area contributed by atoms with Crippen LogP contribution in [0.15, 0.2) is 23.8 Å². The number of hydrogen-bond donors (Lipinski definition) is 1. The molecule has 0 bridgehead atoms. The highest BCUT2D eigenvalue weighted by molar-refractivity contribution is 7.15. The van der Waals surface area contributed by atoms with E-state index in [1.807, 2.05) is 13.0 Å². The van der Waals surface area contributed by atoms with Crippen molar-refractivity contribution in [1.82, 2.24) is 10.2 Å². The minimum Gasteiger partial charge on any atom is -0.493 e. The Kier molecular flexibility index (Phi) is 5.87. The molecule has 0 radical (unpaired) electrons. The Morgan fingerprint density at radius 3 is 2.79 bits per heavy atom. The molecule has 1 aromatic heterocycles. The lowest BCUT2D eigenvalue weighted by Crippen LogP contribution is -2.13. The zero-order chi connectivity index (χ0) is 17.5. The van der Waals surface area contributed by atoms with Crippen molar-refractivity contribution in [3.8, 4) is 17.6 Å². The molecular formula is C16H16N4O3S. The zero-order valence-corrected chi connectivity index (χ0v) is 14.3. The molecule has 0 aliphatic carbocycles. The summed E-state index contributed by atoms with van der Waals surface area (Å²) in [4.78, 5) is 12.2. The first-order chi connectivity index (χ1) is 11.6. The van der Waals surface area contributed by atoms with Crippen molar-refractivity contribution >= 4 is 28.5 Å². The molecule has 1 aromatic carbocycles. The molecule has 1 amide bonds. The Balaban J connectivity index is 2.23. The highest BCUT2D eigenvalue weighted by Gasteiger charge is 2.13. The molecule has 124 valence electrons. The summed E-state index contributed by atoms with van der Waals surface area (Å²) in [6.07, 6.45) is 1.47. The molecule has 0 atom stereocenters. The van der Waals surface area contributed by atoms with Gasteiger partial charge in [0.05, 0.1) is 13.7 Å². The van der Waals surface area contributed by atoms with Gasteiger partial charge in [-0.25, -0.2) is 0 Å². The maximum atomic E-state index is 12.2. The molecule has 0 spiro atoms. The Bertz CT molecular complexity index is 808. The quantitative estimate of drug-likeness (QED) is 0.639. The standard InChI is InChI=1S/C16H16N4O3S/c1-4-23-13-6-5-11(8-14(13)22-3)7-12(9-17)15(21)18-16-20-19-10(2)24-16/h5-8H,4H2,1-3H3,(H,18,20,21)/b12-7+. The Labute approximate surface area is 143 Å². The summed E-state index contributed by atoms with van der Waals surface area (Å²) in [5.41, 5.74) is 0.601. The van der Waals surface area contributed by atoms with E-state index in [4.69, 9.17) is 9.47 Å². The summed E-state index contributed by atoms with van der Waals surface area (Å²) in [7, 11) is 1.53. The number of hydrogen-bond acceptors (Lipinski definition) is 7. The fraction of sp³-hybridized carbons (Fsp3) is 0.250. The number of methoxy groups -OCH3 is 1. The Morgan fingerprint density at radius 1 is 1.42 bits per heavy atom. The lowest BCUT2D eigenvalue weighted by atomic mass is 10.1. The first-order valence-electron chi connectivity index (χ1n) is 7.11. The molecule has 1 N–H and O–H groups in total. The number of amides is 1. The molecule has 0 aliphatic rings. The zero-order valence-electron chi connectivity index (χ0n) is 13.5. The maximum Gasteiger partial charge on any atom is 0.268 e. The van der Waals surface area contributed by atoms with Crippen LogP contribution >= 0.6 is 11.3 Å². The van der Waals surface area contributed by atoms with E-state index in [0.717, 1.165) is 5.01 Å². The third-order valence-corrected chi connectivity index (χ3v) is 3.66. The molecule has 8 heteroatoms. The van der Waals surface area contributed by atoms with Crippen molar-refractivity contribution in [3.05, 3.63) is 34.3 Å². The summed E-state index contributed by atoms with van der Waals surface area (Å²) < 4.78 is 10.7. The minimum atomic E-state index is -0.540. The number of ether oxygens (including phenoxy) is 2. The number of rotatable bonds is 6.